The largest absolute Gasteiger partial charge is 0.454 e. The van der Waals surface area contributed by atoms with Gasteiger partial charge in [-0.25, -0.2) is 4.98 Å². The third-order valence-corrected chi connectivity index (χ3v) is 4.73. The number of benzene rings is 1. The molecule has 0 atom stereocenters. The smallest absolute Gasteiger partial charge is 0.253 e. The molecule has 2 aromatic rings. The predicted molar refractivity (Wildman–Crippen MR) is 84.8 cm³/mol. The summed E-state index contributed by atoms with van der Waals surface area (Å²) in [6.45, 7) is 1.15. The third-order valence-electron chi connectivity index (χ3n) is 4.73. The van der Waals surface area contributed by atoms with Gasteiger partial charge in [0.15, 0.2) is 11.5 Å². The minimum Gasteiger partial charge on any atom is -0.454 e. The van der Waals surface area contributed by atoms with E-state index in [0.717, 1.165) is 0 Å². The van der Waals surface area contributed by atoms with Crippen LogP contribution in [-0.2, 0) is 12.6 Å². The highest BCUT2D eigenvalue weighted by Gasteiger charge is 2.38. The number of likely N-dealkylation sites (tertiary alicyclic amines) is 1. The molecule has 1 aromatic carbocycles. The van der Waals surface area contributed by atoms with Crippen molar-refractivity contribution in [3.05, 3.63) is 42.0 Å². The Balaban J connectivity index is 1.48. The van der Waals surface area contributed by atoms with Crippen molar-refractivity contribution in [1.82, 2.24) is 14.5 Å². The average molecular weight is 329 g/mol. The number of rotatable bonds is 2. The Morgan fingerprint density at radius 2 is 2.00 bits per heavy atom. The topological polar surface area (TPSA) is 76.8 Å². The summed E-state index contributed by atoms with van der Waals surface area (Å²) in [5.41, 5.74) is -0.411. The molecule has 1 amide bonds. The number of amides is 1. The van der Waals surface area contributed by atoms with Crippen LogP contribution < -0.4 is 9.47 Å². The van der Waals surface area contributed by atoms with Gasteiger partial charge in [0.25, 0.3) is 5.91 Å². The van der Waals surface area contributed by atoms with Crippen LogP contribution in [-0.4, -0.2) is 45.3 Å². The lowest BCUT2D eigenvalue weighted by Gasteiger charge is -2.37. The van der Waals surface area contributed by atoms with Crippen LogP contribution in [0.3, 0.4) is 0 Å². The van der Waals surface area contributed by atoms with Gasteiger partial charge in [-0.15, -0.1) is 0 Å². The molecule has 1 fully saturated rings. The molecule has 1 N–H and O–H groups in total. The number of piperidine rings is 1. The molecule has 0 saturated carbocycles. The highest BCUT2D eigenvalue weighted by molar-refractivity contribution is 5.95. The number of ether oxygens (including phenoxy) is 2. The monoisotopic (exact) mass is 329 g/mol. The number of aliphatic hydroxyl groups is 1. The Hall–Kier alpha value is -2.54. The van der Waals surface area contributed by atoms with Crippen LogP contribution >= 0.6 is 0 Å². The van der Waals surface area contributed by atoms with Gasteiger partial charge in [0.1, 0.15) is 11.4 Å². The zero-order valence-electron chi connectivity index (χ0n) is 13.4. The number of nitrogens with zero attached hydrogens (tertiary/aromatic N) is 3. The molecule has 4 rings (SSSR count). The zero-order chi connectivity index (χ0) is 16.7. The van der Waals surface area contributed by atoms with E-state index in [1.54, 1.807) is 29.3 Å². The van der Waals surface area contributed by atoms with Crippen LogP contribution in [0.15, 0.2) is 30.6 Å². The molecule has 0 spiro atoms. The van der Waals surface area contributed by atoms with E-state index >= 15 is 0 Å². The van der Waals surface area contributed by atoms with Crippen LogP contribution in [0.25, 0.3) is 0 Å². The van der Waals surface area contributed by atoms with Crippen LogP contribution in [0.1, 0.15) is 29.0 Å². The van der Waals surface area contributed by atoms with Gasteiger partial charge in [0.2, 0.25) is 6.79 Å². The summed E-state index contributed by atoms with van der Waals surface area (Å²) < 4.78 is 12.4. The van der Waals surface area contributed by atoms with E-state index < -0.39 is 5.60 Å². The number of carbonyl (C=O) groups is 1. The van der Waals surface area contributed by atoms with Crippen LogP contribution in [0, 0.1) is 0 Å². The van der Waals surface area contributed by atoms with E-state index in [0.29, 0.717) is 48.8 Å². The van der Waals surface area contributed by atoms with Gasteiger partial charge in [0, 0.05) is 50.9 Å². The van der Waals surface area contributed by atoms with E-state index in [9.17, 15) is 9.90 Å². The fourth-order valence-corrected chi connectivity index (χ4v) is 3.33. The van der Waals surface area contributed by atoms with E-state index in [2.05, 4.69) is 4.98 Å². The minimum atomic E-state index is -0.982. The lowest BCUT2D eigenvalue weighted by Crippen LogP contribution is -2.46. The van der Waals surface area contributed by atoms with E-state index in [1.807, 2.05) is 17.8 Å². The van der Waals surface area contributed by atoms with E-state index in [1.165, 1.54) is 0 Å². The number of carbonyl (C=O) groups excluding carboxylic acids is 1. The summed E-state index contributed by atoms with van der Waals surface area (Å²) >= 11 is 0. The van der Waals surface area contributed by atoms with Crippen molar-refractivity contribution in [3.63, 3.8) is 0 Å². The maximum atomic E-state index is 12.7. The Morgan fingerprint density at radius 3 is 2.71 bits per heavy atom. The maximum Gasteiger partial charge on any atom is 0.253 e. The zero-order valence-corrected chi connectivity index (χ0v) is 13.4. The Morgan fingerprint density at radius 1 is 1.25 bits per heavy atom. The number of fused-ring (bicyclic) bond motifs is 1. The highest BCUT2D eigenvalue weighted by Crippen LogP contribution is 2.34. The molecular formula is C17H19N3O4. The van der Waals surface area contributed by atoms with Gasteiger partial charge in [0.05, 0.1) is 0 Å². The van der Waals surface area contributed by atoms with Crippen molar-refractivity contribution in [2.45, 2.75) is 18.4 Å². The molecule has 0 radical (unpaired) electrons. The number of aryl methyl sites for hydroxylation is 1. The molecule has 2 aliphatic heterocycles. The van der Waals surface area contributed by atoms with Gasteiger partial charge in [-0.1, -0.05) is 0 Å². The normalized spacial score (nSPS) is 18.7. The van der Waals surface area contributed by atoms with Gasteiger partial charge >= 0.3 is 0 Å². The quantitative estimate of drug-likeness (QED) is 0.898. The molecule has 2 aliphatic rings. The lowest BCUT2D eigenvalue weighted by molar-refractivity contribution is -0.0297. The van der Waals surface area contributed by atoms with E-state index in [-0.39, 0.29) is 12.7 Å². The summed E-state index contributed by atoms with van der Waals surface area (Å²) in [5.74, 6) is 1.85. The average Bonchev–Trinajstić information content (AvgIpc) is 3.23. The molecule has 126 valence electrons. The van der Waals surface area contributed by atoms with Crippen molar-refractivity contribution in [3.8, 4) is 11.5 Å². The second-order valence-corrected chi connectivity index (χ2v) is 6.25. The van der Waals surface area contributed by atoms with Gasteiger partial charge in [-0.2, -0.15) is 0 Å². The molecule has 0 aliphatic carbocycles. The molecular weight excluding hydrogens is 310 g/mol. The molecule has 1 aromatic heterocycles. The summed E-state index contributed by atoms with van der Waals surface area (Å²) in [7, 11) is 1.87. The molecule has 3 heterocycles. The Kier molecular flexibility index (Phi) is 3.45. The number of aromatic nitrogens is 2. The first-order valence-electron chi connectivity index (χ1n) is 7.96. The van der Waals surface area contributed by atoms with Crippen LogP contribution in [0.5, 0.6) is 11.5 Å². The van der Waals surface area contributed by atoms with Crippen LogP contribution in [0.2, 0.25) is 0 Å². The van der Waals surface area contributed by atoms with Crippen LogP contribution in [0.4, 0.5) is 0 Å². The van der Waals surface area contributed by atoms with Gasteiger partial charge in [-0.3, -0.25) is 4.79 Å². The number of hydrogen-bond donors (Lipinski definition) is 1. The van der Waals surface area contributed by atoms with Gasteiger partial charge < -0.3 is 24.0 Å². The summed E-state index contributed by atoms with van der Waals surface area (Å²) in [6.07, 6.45) is 4.43. The SMILES string of the molecule is Cn1ccnc1C1(O)CCN(C(=O)c2ccc3c(c2)OCO3)CC1. The summed E-state index contributed by atoms with van der Waals surface area (Å²) in [5, 5.41) is 10.9. The summed E-state index contributed by atoms with van der Waals surface area (Å²) in [6, 6.07) is 5.21. The van der Waals surface area contributed by atoms with Crippen molar-refractivity contribution in [2.75, 3.05) is 19.9 Å². The predicted octanol–water partition coefficient (Wildman–Crippen LogP) is 1.27. The van der Waals surface area contributed by atoms with Crippen molar-refractivity contribution in [2.24, 2.45) is 7.05 Å². The van der Waals surface area contributed by atoms with Gasteiger partial charge in [-0.05, 0) is 18.2 Å². The second kappa shape index (κ2) is 5.52. The molecule has 0 bridgehead atoms. The molecule has 7 nitrogen and oxygen atoms in total. The number of imidazole rings is 1. The molecule has 1 saturated heterocycles. The molecule has 24 heavy (non-hydrogen) atoms. The van der Waals surface area contributed by atoms with Crippen molar-refractivity contribution in [1.29, 1.82) is 0 Å². The third kappa shape index (κ3) is 2.41. The second-order valence-electron chi connectivity index (χ2n) is 6.25. The standard InChI is InChI=1S/C17H19N3O4/c1-19-9-6-18-16(19)17(22)4-7-20(8-5-17)15(21)12-2-3-13-14(10-12)24-11-23-13/h2-3,6,9-10,22H,4-5,7-8,11H2,1H3. The fraction of sp³-hybridized carbons (Fsp3) is 0.412. The Labute approximate surface area is 139 Å². The molecule has 0 unspecified atom stereocenters. The fourth-order valence-electron chi connectivity index (χ4n) is 3.33. The van der Waals surface area contributed by atoms with Crippen molar-refractivity contribution < 1.29 is 19.4 Å². The van der Waals surface area contributed by atoms with Crippen molar-refractivity contribution >= 4 is 5.91 Å². The highest BCUT2D eigenvalue weighted by atomic mass is 16.7. The number of hydrogen-bond acceptors (Lipinski definition) is 5. The minimum absolute atomic E-state index is 0.0600. The Bertz CT molecular complexity index is 778. The maximum absolute atomic E-state index is 12.7. The first kappa shape index (κ1) is 15.0. The lowest BCUT2D eigenvalue weighted by atomic mass is 9.90. The molecule has 7 heteroatoms. The van der Waals surface area contributed by atoms with E-state index in [4.69, 9.17) is 9.47 Å². The first-order valence-corrected chi connectivity index (χ1v) is 7.96. The first-order chi connectivity index (χ1) is 11.6. The summed E-state index contributed by atoms with van der Waals surface area (Å²) in [4.78, 5) is 18.7.